The molecule has 1 spiro atoms. The van der Waals surface area contributed by atoms with E-state index in [1.54, 1.807) is 60.7 Å². The number of methoxy groups -OCH3 is 3. The molecule has 5 aromatic rings. The molecule has 3 aliphatic rings. The SMILES string of the molecule is COCCOC(=O)N1C(=O)C2(c3cc(C#CCC(C(=O)OC)C(=O)OC)ccc31)C(C(=O)NCC(O)c1ccccc1)C1C(=O)OC(c3ccccc3)C(c3ccccc3)N1C2c1cccc(OCCO)c1. The second kappa shape index (κ2) is 22.5. The highest BCUT2D eigenvalue weighted by Crippen LogP contribution is 2.66. The Kier molecular flexibility index (Phi) is 15.8. The van der Waals surface area contributed by atoms with E-state index in [2.05, 4.69) is 17.2 Å². The number of cyclic esters (lactones) is 1. The van der Waals surface area contributed by atoms with Crippen molar-refractivity contribution >= 4 is 41.5 Å². The number of hydrogen-bond acceptors (Lipinski definition) is 15. The second-order valence-electron chi connectivity index (χ2n) is 17.2. The molecule has 0 saturated carbocycles. The van der Waals surface area contributed by atoms with Gasteiger partial charge in [-0.1, -0.05) is 115 Å². The molecule has 2 fully saturated rings. The highest BCUT2D eigenvalue weighted by atomic mass is 16.6. The van der Waals surface area contributed by atoms with Crippen molar-refractivity contribution < 1.29 is 67.4 Å². The Balaban J connectivity index is 1.43. The Morgan fingerprint density at radius 3 is 2.07 bits per heavy atom. The summed E-state index contributed by atoms with van der Waals surface area (Å²) in [6, 6.07) is 34.4. The van der Waals surface area contributed by atoms with Gasteiger partial charge in [0.15, 0.2) is 5.92 Å². The molecule has 2 saturated heterocycles. The predicted octanol–water partition coefficient (Wildman–Crippen LogP) is 5.06. The number of nitrogens with zero attached hydrogens (tertiary/aromatic N) is 2. The summed E-state index contributed by atoms with van der Waals surface area (Å²) < 4.78 is 33.0. The number of aliphatic hydroxyl groups excluding tert-OH is 2. The maximum Gasteiger partial charge on any atom is 0.421 e. The topological polar surface area (TPSA) is 217 Å². The van der Waals surface area contributed by atoms with Gasteiger partial charge in [0, 0.05) is 25.6 Å². The van der Waals surface area contributed by atoms with E-state index < -0.39 is 83.4 Å². The number of imide groups is 1. The minimum atomic E-state index is -2.24. The largest absolute Gasteiger partial charge is 0.491 e. The molecule has 0 aliphatic carbocycles. The third-order valence-electron chi connectivity index (χ3n) is 13.1. The van der Waals surface area contributed by atoms with Gasteiger partial charge in [-0.3, -0.25) is 28.9 Å². The number of carbonyl (C=O) groups is 6. The summed E-state index contributed by atoms with van der Waals surface area (Å²) >= 11 is 0. The number of aliphatic hydroxyl groups is 2. The Hall–Kier alpha value is -7.88. The summed E-state index contributed by atoms with van der Waals surface area (Å²) in [6.07, 6.45) is -3.66. The van der Waals surface area contributed by atoms with Crippen molar-refractivity contribution in [1.82, 2.24) is 10.2 Å². The van der Waals surface area contributed by atoms with Crippen LogP contribution in [-0.4, -0.2) is 111 Å². The first-order valence-corrected chi connectivity index (χ1v) is 23.2. The average molecular weight is 980 g/mol. The van der Waals surface area contributed by atoms with Crippen LogP contribution in [0.4, 0.5) is 10.5 Å². The first kappa shape index (κ1) is 50.5. The molecule has 3 aliphatic heterocycles. The normalized spacial score (nSPS) is 21.4. The lowest BCUT2D eigenvalue weighted by Gasteiger charge is -2.46. The minimum Gasteiger partial charge on any atom is -0.491 e. The quantitative estimate of drug-likeness (QED) is 0.0387. The van der Waals surface area contributed by atoms with Gasteiger partial charge in [-0.15, -0.1) is 0 Å². The smallest absolute Gasteiger partial charge is 0.421 e. The van der Waals surface area contributed by atoms with Crippen molar-refractivity contribution in [1.29, 1.82) is 0 Å². The van der Waals surface area contributed by atoms with Crippen molar-refractivity contribution in [3.05, 3.63) is 167 Å². The fourth-order valence-corrected chi connectivity index (χ4v) is 10.1. The maximum atomic E-state index is 16.4. The van der Waals surface area contributed by atoms with Gasteiger partial charge in [-0.05, 0) is 58.1 Å². The van der Waals surface area contributed by atoms with Crippen molar-refractivity contribution in [2.75, 3.05) is 59.2 Å². The fraction of sp³-hybridized carbons (Fsp3) is 0.309. The number of anilines is 1. The zero-order chi connectivity index (χ0) is 50.9. The van der Waals surface area contributed by atoms with Crippen LogP contribution < -0.4 is 15.0 Å². The number of amides is 3. The molecule has 3 amide bonds. The van der Waals surface area contributed by atoms with Gasteiger partial charge in [0.25, 0.3) is 0 Å². The average Bonchev–Trinajstić information content (AvgIpc) is 3.87. The molecule has 17 nitrogen and oxygen atoms in total. The molecule has 5 aromatic carbocycles. The second-order valence-corrected chi connectivity index (χ2v) is 17.2. The summed E-state index contributed by atoms with van der Waals surface area (Å²) in [5.74, 6) is -1.33. The van der Waals surface area contributed by atoms with Gasteiger partial charge >= 0.3 is 24.0 Å². The molecule has 372 valence electrons. The van der Waals surface area contributed by atoms with E-state index in [9.17, 15) is 24.6 Å². The van der Waals surface area contributed by atoms with E-state index in [4.69, 9.17) is 28.4 Å². The van der Waals surface area contributed by atoms with Crippen molar-refractivity contribution in [2.24, 2.45) is 11.8 Å². The van der Waals surface area contributed by atoms with E-state index in [0.29, 0.717) is 22.3 Å². The Bertz CT molecular complexity index is 2840. The number of hydrogen-bond donors (Lipinski definition) is 3. The first-order valence-electron chi connectivity index (χ1n) is 23.2. The monoisotopic (exact) mass is 979 g/mol. The van der Waals surface area contributed by atoms with Crippen LogP contribution in [-0.2, 0) is 53.1 Å². The maximum absolute atomic E-state index is 16.4. The fourth-order valence-electron chi connectivity index (χ4n) is 10.1. The molecular formula is C55H53N3O14. The zero-order valence-corrected chi connectivity index (χ0v) is 39.7. The molecule has 0 radical (unpaired) electrons. The Morgan fingerprint density at radius 2 is 1.42 bits per heavy atom. The predicted molar refractivity (Wildman–Crippen MR) is 258 cm³/mol. The summed E-state index contributed by atoms with van der Waals surface area (Å²) in [7, 11) is 3.68. The first-order chi connectivity index (χ1) is 35.0. The lowest BCUT2D eigenvalue weighted by Crippen LogP contribution is -2.56. The van der Waals surface area contributed by atoms with Crippen molar-refractivity contribution in [3.63, 3.8) is 0 Å². The summed E-state index contributed by atoms with van der Waals surface area (Å²) in [6.45, 7) is -1.03. The number of carbonyl (C=O) groups excluding carboxylic acids is 6. The molecule has 3 N–H and O–H groups in total. The number of nitrogens with one attached hydrogen (secondary N) is 1. The van der Waals surface area contributed by atoms with Crippen LogP contribution in [0.1, 0.15) is 64.1 Å². The summed E-state index contributed by atoms with van der Waals surface area (Å²) in [5, 5.41) is 24.1. The number of benzene rings is 5. The molecule has 3 heterocycles. The van der Waals surface area contributed by atoms with E-state index in [1.807, 2.05) is 65.6 Å². The van der Waals surface area contributed by atoms with E-state index in [1.165, 1.54) is 19.2 Å². The van der Waals surface area contributed by atoms with Gasteiger partial charge in [0.05, 0.1) is 57.2 Å². The number of rotatable bonds is 16. The van der Waals surface area contributed by atoms with Gasteiger partial charge in [0.2, 0.25) is 11.8 Å². The van der Waals surface area contributed by atoms with E-state index >= 15 is 14.4 Å². The van der Waals surface area contributed by atoms with E-state index in [0.717, 1.165) is 19.1 Å². The molecular weight excluding hydrogens is 927 g/mol. The number of esters is 3. The van der Waals surface area contributed by atoms with E-state index in [-0.39, 0.29) is 62.0 Å². The molecule has 7 unspecified atom stereocenters. The van der Waals surface area contributed by atoms with Gasteiger partial charge in [0.1, 0.15) is 36.5 Å². The van der Waals surface area contributed by atoms with Crippen molar-refractivity contribution in [3.8, 4) is 17.6 Å². The Labute approximate surface area is 415 Å². The highest BCUT2D eigenvalue weighted by molar-refractivity contribution is 6.23. The van der Waals surface area contributed by atoms with Gasteiger partial charge in [-0.25, -0.2) is 9.69 Å². The number of ether oxygens (including phenoxy) is 6. The number of morpholine rings is 1. The van der Waals surface area contributed by atoms with Gasteiger partial charge < -0.3 is 44.0 Å². The number of fused-ring (bicyclic) bond motifs is 3. The zero-order valence-electron chi connectivity index (χ0n) is 39.7. The van der Waals surface area contributed by atoms with Crippen LogP contribution in [0.15, 0.2) is 133 Å². The molecule has 0 bridgehead atoms. The van der Waals surface area contributed by atoms with Crippen LogP contribution in [0.3, 0.4) is 0 Å². The molecule has 7 atom stereocenters. The van der Waals surface area contributed by atoms with Crippen LogP contribution in [0.25, 0.3) is 0 Å². The lowest BCUT2D eigenvalue weighted by atomic mass is 9.65. The van der Waals surface area contributed by atoms with Crippen LogP contribution in [0.2, 0.25) is 0 Å². The molecule has 8 rings (SSSR count). The van der Waals surface area contributed by atoms with Gasteiger partial charge in [-0.2, -0.15) is 0 Å². The van der Waals surface area contributed by atoms with Crippen LogP contribution >= 0.6 is 0 Å². The molecule has 17 heteroatoms. The van der Waals surface area contributed by atoms with Crippen molar-refractivity contribution in [2.45, 2.75) is 42.2 Å². The minimum absolute atomic E-state index is 0.0128. The molecule has 0 aromatic heterocycles. The van der Waals surface area contributed by atoms with Crippen LogP contribution in [0.5, 0.6) is 5.75 Å². The summed E-state index contributed by atoms with van der Waals surface area (Å²) in [5.41, 5.74) is 0.234. The third-order valence-corrected chi connectivity index (χ3v) is 13.1. The highest BCUT2D eigenvalue weighted by Gasteiger charge is 2.76. The Morgan fingerprint density at radius 1 is 0.764 bits per heavy atom. The van der Waals surface area contributed by atoms with Crippen LogP contribution in [0, 0.1) is 23.7 Å². The third kappa shape index (κ3) is 9.64. The summed E-state index contributed by atoms with van der Waals surface area (Å²) in [4.78, 5) is 90.1. The molecule has 72 heavy (non-hydrogen) atoms. The lowest BCUT2D eigenvalue weighted by molar-refractivity contribution is -0.178. The standard InChI is InChI=1S/C55H53N3O14/c1-67-29-30-71-54(66)57-42-26-25-34(15-13-24-40(50(62)68-2)51(63)69-3)31-41(42)55(53(57)65)44(49(61)56-33-43(60)35-16-7-4-8-17-35)46-52(64)72-47(37-20-11-6-12-21-37)45(36-18-9-5-10-19-36)58(46)48(55)38-22-14-23-39(32-38)70-28-27-59/h4-12,14,16-23,25-26,31-32,40,43-48,59-60H,24,27-30,33H2,1-3H3,(H,56,61).